The molecule has 0 aliphatic carbocycles. The van der Waals surface area contributed by atoms with Crippen molar-refractivity contribution in [3.05, 3.63) is 89.7 Å². The SMILES string of the molecule is COCCn1nc(C(=O)c2ccccc2NCc2ccc3[nH]ncc3c2)c2ccccc21. The highest BCUT2D eigenvalue weighted by molar-refractivity contribution is 6.17. The van der Waals surface area contributed by atoms with E-state index in [1.54, 1.807) is 13.3 Å². The van der Waals surface area contributed by atoms with Crippen LogP contribution in [-0.2, 0) is 17.8 Å². The minimum atomic E-state index is -0.106. The highest BCUT2D eigenvalue weighted by Crippen LogP contribution is 2.25. The van der Waals surface area contributed by atoms with Crippen LogP contribution in [0.4, 0.5) is 5.69 Å². The second-order valence-electron chi connectivity index (χ2n) is 7.60. The lowest BCUT2D eigenvalue weighted by Crippen LogP contribution is -2.10. The van der Waals surface area contributed by atoms with Gasteiger partial charge in [0.1, 0.15) is 5.69 Å². The van der Waals surface area contributed by atoms with Gasteiger partial charge >= 0.3 is 0 Å². The van der Waals surface area contributed by atoms with Crippen LogP contribution >= 0.6 is 0 Å². The first-order valence-electron chi connectivity index (χ1n) is 10.5. The zero-order valence-electron chi connectivity index (χ0n) is 17.7. The Morgan fingerprint density at radius 2 is 1.94 bits per heavy atom. The summed E-state index contributed by atoms with van der Waals surface area (Å²) in [5.74, 6) is -0.106. The maximum absolute atomic E-state index is 13.6. The van der Waals surface area contributed by atoms with Gasteiger partial charge in [-0.1, -0.05) is 36.4 Å². The van der Waals surface area contributed by atoms with Gasteiger partial charge in [0.25, 0.3) is 0 Å². The molecule has 160 valence electrons. The molecule has 0 amide bonds. The first-order valence-corrected chi connectivity index (χ1v) is 10.5. The quantitative estimate of drug-likeness (QED) is 0.360. The molecule has 0 fully saturated rings. The molecule has 2 N–H and O–H groups in total. The summed E-state index contributed by atoms with van der Waals surface area (Å²) in [4.78, 5) is 13.6. The van der Waals surface area contributed by atoms with Crippen LogP contribution in [0.1, 0.15) is 21.6 Å². The van der Waals surface area contributed by atoms with Gasteiger partial charge in [-0.05, 0) is 35.9 Å². The molecule has 0 aliphatic rings. The van der Waals surface area contributed by atoms with E-state index >= 15 is 0 Å². The standard InChI is InChI=1S/C25H23N5O2/c1-32-13-12-30-23-9-5-3-7-20(23)24(29-30)25(31)19-6-2-4-8-22(19)26-15-17-10-11-21-18(14-17)16-27-28-21/h2-11,14,16,26H,12-13,15H2,1H3,(H,27,28). The van der Waals surface area contributed by atoms with Crippen molar-refractivity contribution in [2.75, 3.05) is 19.0 Å². The lowest BCUT2D eigenvalue weighted by molar-refractivity contribution is 0.103. The number of ketones is 1. The maximum Gasteiger partial charge on any atom is 0.215 e. The van der Waals surface area contributed by atoms with Gasteiger partial charge in [-0.2, -0.15) is 10.2 Å². The van der Waals surface area contributed by atoms with Crippen LogP contribution in [-0.4, -0.2) is 39.5 Å². The molecule has 0 unspecified atom stereocenters. The van der Waals surface area contributed by atoms with Gasteiger partial charge in [-0.15, -0.1) is 0 Å². The monoisotopic (exact) mass is 425 g/mol. The van der Waals surface area contributed by atoms with Crippen molar-refractivity contribution in [2.24, 2.45) is 0 Å². The van der Waals surface area contributed by atoms with Gasteiger partial charge in [0.15, 0.2) is 0 Å². The third-order valence-corrected chi connectivity index (χ3v) is 5.54. The second kappa shape index (κ2) is 8.64. The molecule has 0 saturated carbocycles. The van der Waals surface area contributed by atoms with Crippen LogP contribution < -0.4 is 5.32 Å². The van der Waals surface area contributed by atoms with Crippen molar-refractivity contribution in [1.29, 1.82) is 0 Å². The van der Waals surface area contributed by atoms with E-state index in [0.29, 0.717) is 31.0 Å². The highest BCUT2D eigenvalue weighted by atomic mass is 16.5. The molecule has 0 radical (unpaired) electrons. The largest absolute Gasteiger partial charge is 0.383 e. The Balaban J connectivity index is 1.45. The summed E-state index contributed by atoms with van der Waals surface area (Å²) in [6.07, 6.45) is 1.81. The second-order valence-corrected chi connectivity index (χ2v) is 7.60. The molecule has 2 heterocycles. The van der Waals surface area contributed by atoms with Crippen LogP contribution in [0.5, 0.6) is 0 Å². The third kappa shape index (κ3) is 3.74. The van der Waals surface area contributed by atoms with Gasteiger partial charge in [0.2, 0.25) is 5.78 Å². The molecule has 7 nitrogen and oxygen atoms in total. The molecule has 5 rings (SSSR count). The van der Waals surface area contributed by atoms with E-state index in [1.807, 2.05) is 65.3 Å². The molecule has 3 aromatic carbocycles. The minimum Gasteiger partial charge on any atom is -0.383 e. The van der Waals surface area contributed by atoms with Crippen LogP contribution in [0.2, 0.25) is 0 Å². The van der Waals surface area contributed by atoms with Crippen LogP contribution in [0.3, 0.4) is 0 Å². The number of H-pyrrole nitrogens is 1. The Labute approximate surface area is 185 Å². The third-order valence-electron chi connectivity index (χ3n) is 5.54. The molecule has 0 bridgehead atoms. The Morgan fingerprint density at radius 3 is 2.84 bits per heavy atom. The lowest BCUT2D eigenvalue weighted by Gasteiger charge is -2.11. The number of carbonyl (C=O) groups is 1. The van der Waals surface area contributed by atoms with Gasteiger partial charge < -0.3 is 10.1 Å². The maximum atomic E-state index is 13.6. The fraction of sp³-hybridized carbons (Fsp3) is 0.160. The van der Waals surface area contributed by atoms with Crippen molar-refractivity contribution < 1.29 is 9.53 Å². The van der Waals surface area contributed by atoms with Crippen molar-refractivity contribution in [3.63, 3.8) is 0 Å². The van der Waals surface area contributed by atoms with Crippen LogP contribution in [0, 0.1) is 0 Å². The number of para-hydroxylation sites is 2. The van der Waals surface area contributed by atoms with Gasteiger partial charge in [-0.25, -0.2) is 0 Å². The first-order chi connectivity index (χ1) is 15.7. The number of aromatic amines is 1. The topological polar surface area (TPSA) is 84.8 Å². The number of nitrogens with zero attached hydrogens (tertiary/aromatic N) is 3. The fourth-order valence-corrected chi connectivity index (χ4v) is 3.91. The zero-order valence-corrected chi connectivity index (χ0v) is 17.7. The molecular weight excluding hydrogens is 402 g/mol. The number of anilines is 1. The van der Waals surface area contributed by atoms with Gasteiger partial charge in [0, 0.05) is 35.7 Å². The molecule has 2 aromatic heterocycles. The first kappa shape index (κ1) is 20.0. The number of hydrogen-bond donors (Lipinski definition) is 2. The molecule has 32 heavy (non-hydrogen) atoms. The normalized spacial score (nSPS) is 11.3. The molecule has 5 aromatic rings. The summed E-state index contributed by atoms with van der Waals surface area (Å²) in [5, 5.41) is 17.0. The van der Waals surface area contributed by atoms with Crippen LogP contribution in [0.25, 0.3) is 21.8 Å². The molecule has 0 atom stereocenters. The van der Waals surface area contributed by atoms with Gasteiger partial charge in [0.05, 0.1) is 30.4 Å². The number of methoxy groups -OCH3 is 1. The molecule has 0 saturated heterocycles. The summed E-state index contributed by atoms with van der Waals surface area (Å²) < 4.78 is 7.04. The van der Waals surface area contributed by atoms with E-state index in [9.17, 15) is 4.79 Å². The summed E-state index contributed by atoms with van der Waals surface area (Å²) in [5.41, 5.74) is 4.85. The Hall–Kier alpha value is -3.97. The number of carbonyl (C=O) groups excluding carboxylic acids is 1. The Bertz CT molecular complexity index is 1400. The number of aromatic nitrogens is 4. The highest BCUT2D eigenvalue weighted by Gasteiger charge is 2.20. The van der Waals surface area contributed by atoms with Gasteiger partial charge in [-0.3, -0.25) is 14.6 Å². The minimum absolute atomic E-state index is 0.106. The number of benzene rings is 3. The number of fused-ring (bicyclic) bond motifs is 2. The Morgan fingerprint density at radius 1 is 1.09 bits per heavy atom. The van der Waals surface area contributed by atoms with Crippen molar-refractivity contribution in [1.82, 2.24) is 20.0 Å². The van der Waals surface area contributed by atoms with E-state index in [1.165, 1.54) is 0 Å². The van der Waals surface area contributed by atoms with E-state index < -0.39 is 0 Å². The number of hydrogen-bond acceptors (Lipinski definition) is 5. The number of nitrogens with one attached hydrogen (secondary N) is 2. The predicted octanol–water partition coefficient (Wildman–Crippen LogP) is 4.40. The summed E-state index contributed by atoms with van der Waals surface area (Å²) >= 11 is 0. The lowest BCUT2D eigenvalue weighted by atomic mass is 10.0. The van der Waals surface area contributed by atoms with Crippen molar-refractivity contribution in [2.45, 2.75) is 13.1 Å². The summed E-state index contributed by atoms with van der Waals surface area (Å²) in [6.45, 7) is 1.70. The molecule has 0 aliphatic heterocycles. The van der Waals surface area contributed by atoms with Crippen molar-refractivity contribution >= 4 is 33.3 Å². The van der Waals surface area contributed by atoms with Crippen molar-refractivity contribution in [3.8, 4) is 0 Å². The average Bonchev–Trinajstić information content (AvgIpc) is 3.45. The fourth-order valence-electron chi connectivity index (χ4n) is 3.91. The van der Waals surface area contributed by atoms with Crippen LogP contribution in [0.15, 0.2) is 72.9 Å². The smallest absolute Gasteiger partial charge is 0.215 e. The predicted molar refractivity (Wildman–Crippen MR) is 125 cm³/mol. The Kier molecular flexibility index (Phi) is 5.39. The summed E-state index contributed by atoms with van der Waals surface area (Å²) in [7, 11) is 1.66. The number of rotatable bonds is 8. The number of ether oxygens (including phenoxy) is 1. The zero-order chi connectivity index (χ0) is 21.9. The molecule has 7 heteroatoms. The van der Waals surface area contributed by atoms with E-state index in [-0.39, 0.29) is 5.78 Å². The van der Waals surface area contributed by atoms with E-state index in [4.69, 9.17) is 4.74 Å². The molecular formula is C25H23N5O2. The summed E-state index contributed by atoms with van der Waals surface area (Å²) in [6, 6.07) is 21.5. The average molecular weight is 425 g/mol. The molecule has 0 spiro atoms. The van der Waals surface area contributed by atoms with E-state index in [0.717, 1.165) is 33.1 Å². The van der Waals surface area contributed by atoms with E-state index in [2.05, 4.69) is 26.7 Å².